The summed E-state index contributed by atoms with van der Waals surface area (Å²) < 4.78 is 0. The van der Waals surface area contributed by atoms with Gasteiger partial charge in [0, 0.05) is 23.2 Å². The summed E-state index contributed by atoms with van der Waals surface area (Å²) in [5, 5.41) is 22.8. The molecule has 0 aliphatic heterocycles. The Hall–Kier alpha value is -0.410. The zero-order chi connectivity index (χ0) is 30.1. The minimum absolute atomic E-state index is 0.00998. The number of aliphatic hydroxyl groups excluding tert-OH is 2. The van der Waals surface area contributed by atoms with Crippen LogP contribution in [0.25, 0.3) is 0 Å². The van der Waals surface area contributed by atoms with E-state index in [4.69, 9.17) is 0 Å². The first-order valence-electron chi connectivity index (χ1n) is 18.1. The molecule has 41 heavy (non-hydrogen) atoms. The van der Waals surface area contributed by atoms with E-state index < -0.39 is 12.2 Å². The maximum absolute atomic E-state index is 15.0. The maximum Gasteiger partial charge on any atom is 0.140 e. The van der Waals surface area contributed by atoms with Crippen molar-refractivity contribution in [1.29, 1.82) is 0 Å². The second-order valence-electron chi connectivity index (χ2n) is 17.9. The lowest BCUT2D eigenvalue weighted by atomic mass is 9.34. The predicted octanol–water partition coefficient (Wildman–Crippen LogP) is 8.94. The van der Waals surface area contributed by atoms with Crippen molar-refractivity contribution in [2.24, 2.45) is 81.3 Å². The number of hydrogen-bond donors (Lipinski definition) is 2. The van der Waals surface area contributed by atoms with Crippen molar-refractivity contribution in [3.63, 3.8) is 0 Å². The summed E-state index contributed by atoms with van der Waals surface area (Å²) in [5.74, 6) is 4.84. The van der Waals surface area contributed by atoms with Crippen LogP contribution in [0.2, 0.25) is 0 Å². The zero-order valence-corrected chi connectivity index (χ0v) is 28.3. The molecule has 0 radical (unpaired) electrons. The highest BCUT2D eigenvalue weighted by molar-refractivity contribution is 5.86. The molecule has 14 unspecified atom stereocenters. The van der Waals surface area contributed by atoms with E-state index in [1.807, 2.05) is 6.92 Å². The van der Waals surface area contributed by atoms with Crippen LogP contribution in [0.15, 0.2) is 0 Å². The molecule has 0 aromatic heterocycles. The van der Waals surface area contributed by atoms with E-state index in [1.54, 1.807) is 0 Å². The molecule has 5 rings (SSSR count). The van der Waals surface area contributed by atoms with Crippen LogP contribution in [0.5, 0.6) is 0 Å². The molecule has 0 amide bonds. The van der Waals surface area contributed by atoms with E-state index >= 15 is 4.79 Å². The topological polar surface area (TPSA) is 57.5 Å². The molecular weight excluding hydrogens is 504 g/mol. The Labute approximate surface area is 253 Å². The smallest absolute Gasteiger partial charge is 0.140 e. The molecule has 5 fully saturated rings. The highest BCUT2D eigenvalue weighted by Gasteiger charge is 2.70. The third-order valence-corrected chi connectivity index (χ3v) is 15.3. The summed E-state index contributed by atoms with van der Waals surface area (Å²) in [5.41, 5.74) is -0.420. The fraction of sp³-hybridized carbons (Fsp3) is 0.974. The van der Waals surface area contributed by atoms with Crippen LogP contribution in [0.4, 0.5) is 0 Å². The number of Topliss-reactive ketones (excluding diaryl/α,β-unsaturated/α-hetero) is 1. The average molecular weight is 571 g/mol. The molecule has 14 atom stereocenters. The monoisotopic (exact) mass is 571 g/mol. The number of carbonyl (C=O) groups excluding carboxylic acids is 1. The zero-order valence-electron chi connectivity index (χ0n) is 28.3. The van der Waals surface area contributed by atoms with Crippen LogP contribution in [0.3, 0.4) is 0 Å². The molecule has 2 N–H and O–H groups in total. The molecule has 0 aromatic rings. The largest absolute Gasteiger partial charge is 0.393 e. The minimum atomic E-state index is -0.582. The fourth-order valence-corrected chi connectivity index (χ4v) is 13.2. The molecule has 3 heteroatoms. The molecule has 5 saturated carbocycles. The summed E-state index contributed by atoms with van der Waals surface area (Å²) in [6.07, 6.45) is 14.6. The van der Waals surface area contributed by atoms with Crippen LogP contribution in [-0.2, 0) is 4.79 Å². The second-order valence-corrected chi connectivity index (χ2v) is 17.9. The second kappa shape index (κ2) is 11.5. The molecule has 5 aliphatic rings. The van der Waals surface area contributed by atoms with Crippen LogP contribution < -0.4 is 0 Å². The van der Waals surface area contributed by atoms with Gasteiger partial charge in [-0.1, -0.05) is 107 Å². The van der Waals surface area contributed by atoms with E-state index in [-0.39, 0.29) is 45.8 Å². The van der Waals surface area contributed by atoms with Gasteiger partial charge in [0.15, 0.2) is 0 Å². The lowest BCUT2D eigenvalue weighted by Crippen LogP contribution is -2.70. The first-order valence-corrected chi connectivity index (χ1v) is 18.1. The highest BCUT2D eigenvalue weighted by atomic mass is 16.3. The third kappa shape index (κ3) is 5.11. The van der Waals surface area contributed by atoms with E-state index in [0.717, 1.165) is 18.8 Å². The standard InChI is InChI=1S/C38H66O3/c1-22(2)29-18-28(17-13-16-27-14-11-10-12-15-27)24(4)32-30(29)20-36(7)21-37(8)19-23(3)31(26(6)39)35(41)38(37,9)25(5)33(36)34(32)40/h22-33,35,39,41H,10-21H2,1-9H3. The van der Waals surface area contributed by atoms with Crippen molar-refractivity contribution in [1.82, 2.24) is 0 Å². The summed E-state index contributed by atoms with van der Waals surface area (Å²) >= 11 is 0. The van der Waals surface area contributed by atoms with E-state index in [1.165, 1.54) is 64.2 Å². The van der Waals surface area contributed by atoms with Gasteiger partial charge in [-0.25, -0.2) is 0 Å². The quantitative estimate of drug-likeness (QED) is 0.335. The van der Waals surface area contributed by atoms with Crippen molar-refractivity contribution in [3.05, 3.63) is 0 Å². The molecule has 0 aromatic carbocycles. The van der Waals surface area contributed by atoms with Gasteiger partial charge >= 0.3 is 0 Å². The number of hydrogen-bond acceptors (Lipinski definition) is 3. The normalized spacial score (nSPS) is 51.6. The summed E-state index contributed by atoms with van der Waals surface area (Å²) in [6, 6.07) is 0. The lowest BCUT2D eigenvalue weighted by Gasteiger charge is -2.70. The van der Waals surface area contributed by atoms with Crippen molar-refractivity contribution < 1.29 is 15.0 Å². The fourth-order valence-electron chi connectivity index (χ4n) is 13.2. The van der Waals surface area contributed by atoms with Crippen LogP contribution >= 0.6 is 0 Å². The van der Waals surface area contributed by atoms with E-state index in [0.29, 0.717) is 35.4 Å². The van der Waals surface area contributed by atoms with Gasteiger partial charge in [-0.3, -0.25) is 4.79 Å². The van der Waals surface area contributed by atoms with Gasteiger partial charge in [0.1, 0.15) is 5.78 Å². The number of fused-ring (bicyclic) bond motifs is 3. The predicted molar refractivity (Wildman–Crippen MR) is 169 cm³/mol. The molecule has 3 nitrogen and oxygen atoms in total. The van der Waals surface area contributed by atoms with Crippen molar-refractivity contribution in [2.45, 2.75) is 152 Å². The van der Waals surface area contributed by atoms with Crippen molar-refractivity contribution >= 4 is 5.78 Å². The van der Waals surface area contributed by atoms with Crippen LogP contribution in [0.1, 0.15) is 139 Å². The van der Waals surface area contributed by atoms with E-state index in [9.17, 15) is 10.2 Å². The van der Waals surface area contributed by atoms with Crippen molar-refractivity contribution in [3.8, 4) is 0 Å². The molecule has 0 heterocycles. The van der Waals surface area contributed by atoms with Gasteiger partial charge in [0.05, 0.1) is 12.2 Å². The van der Waals surface area contributed by atoms with Gasteiger partial charge in [-0.15, -0.1) is 0 Å². The molecule has 0 spiro atoms. The Morgan fingerprint density at radius 3 is 2.22 bits per heavy atom. The number of ketones is 1. The summed E-state index contributed by atoms with van der Waals surface area (Å²) in [7, 11) is 0. The molecule has 0 saturated heterocycles. The van der Waals surface area contributed by atoms with Crippen LogP contribution in [0, 0.1) is 81.3 Å². The Morgan fingerprint density at radius 1 is 0.951 bits per heavy atom. The van der Waals surface area contributed by atoms with Gasteiger partial charge < -0.3 is 10.2 Å². The Balaban J connectivity index is 1.43. The van der Waals surface area contributed by atoms with Crippen molar-refractivity contribution in [2.75, 3.05) is 0 Å². The summed E-state index contributed by atoms with van der Waals surface area (Å²) in [6.45, 7) is 20.9. The third-order valence-electron chi connectivity index (χ3n) is 15.3. The SMILES string of the molecule is CC(C)C1CC(CCCC2CCCCC2)C(C)C2C(=O)C3C(C)C4(C)C(O)C(C(C)O)C(C)CC4(C)CC3(C)CC12. The minimum Gasteiger partial charge on any atom is -0.393 e. The molecular formula is C38H66O3. The molecule has 0 bridgehead atoms. The molecule has 5 aliphatic carbocycles. The maximum atomic E-state index is 15.0. The highest BCUT2D eigenvalue weighted by Crippen LogP contribution is 2.72. The van der Waals surface area contributed by atoms with Gasteiger partial charge in [0.2, 0.25) is 0 Å². The Morgan fingerprint density at radius 2 is 1.61 bits per heavy atom. The van der Waals surface area contributed by atoms with Gasteiger partial charge in [-0.05, 0) is 90.8 Å². The lowest BCUT2D eigenvalue weighted by molar-refractivity contribution is -0.252. The number of aliphatic hydroxyl groups is 2. The average Bonchev–Trinajstić information content (AvgIpc) is 2.87. The first kappa shape index (κ1) is 32.0. The number of rotatable bonds is 6. The van der Waals surface area contributed by atoms with Gasteiger partial charge in [-0.2, -0.15) is 0 Å². The number of carbonyl (C=O) groups is 1. The Kier molecular flexibility index (Phi) is 8.98. The van der Waals surface area contributed by atoms with Crippen LogP contribution in [-0.4, -0.2) is 28.2 Å². The Bertz CT molecular complexity index is 936. The molecule has 236 valence electrons. The summed E-state index contributed by atoms with van der Waals surface area (Å²) in [4.78, 5) is 15.0. The van der Waals surface area contributed by atoms with E-state index in [2.05, 4.69) is 55.4 Å². The first-order chi connectivity index (χ1) is 19.2. The van der Waals surface area contributed by atoms with Gasteiger partial charge in [0.25, 0.3) is 0 Å².